The first kappa shape index (κ1) is 14.8. The highest BCUT2D eigenvalue weighted by Gasteiger charge is 2.28. The molecule has 1 aliphatic rings. The third-order valence-electron chi connectivity index (χ3n) is 4.49. The van der Waals surface area contributed by atoms with Crippen LogP contribution >= 0.6 is 0 Å². The Hall–Kier alpha value is -2.76. The minimum Gasteiger partial charge on any atom is -0.338 e. The summed E-state index contributed by atoms with van der Waals surface area (Å²) in [6.45, 7) is 1.26. The zero-order chi connectivity index (χ0) is 16.5. The molecule has 0 spiro atoms. The summed E-state index contributed by atoms with van der Waals surface area (Å²) >= 11 is 0. The van der Waals surface area contributed by atoms with E-state index < -0.39 is 5.82 Å². The van der Waals surface area contributed by atoms with Gasteiger partial charge in [0.15, 0.2) is 5.65 Å². The summed E-state index contributed by atoms with van der Waals surface area (Å²) in [6.07, 6.45) is 3.80. The number of carbonyl (C=O) groups excluding carboxylic acids is 1. The third-order valence-corrected chi connectivity index (χ3v) is 4.49. The summed E-state index contributed by atoms with van der Waals surface area (Å²) in [5.74, 6) is 0.488. The Morgan fingerprint density at radius 2 is 2.08 bits per heavy atom. The van der Waals surface area contributed by atoms with Crippen molar-refractivity contribution in [3.8, 4) is 0 Å². The van der Waals surface area contributed by atoms with Crippen LogP contribution in [0, 0.1) is 5.82 Å². The number of rotatable bonds is 2. The molecule has 0 bridgehead atoms. The summed E-state index contributed by atoms with van der Waals surface area (Å²) in [4.78, 5) is 14.4. The maximum atomic E-state index is 13.4. The quantitative estimate of drug-likeness (QED) is 0.728. The average Bonchev–Trinajstić information content (AvgIpc) is 3.05. The molecule has 4 rings (SSSR count). The maximum absolute atomic E-state index is 13.4. The van der Waals surface area contributed by atoms with Crippen LogP contribution in [0.15, 0.2) is 48.7 Å². The van der Waals surface area contributed by atoms with Crippen molar-refractivity contribution in [1.82, 2.24) is 19.5 Å². The van der Waals surface area contributed by atoms with Gasteiger partial charge in [-0.05, 0) is 43.2 Å². The van der Waals surface area contributed by atoms with E-state index in [4.69, 9.17) is 0 Å². The summed E-state index contributed by atoms with van der Waals surface area (Å²) in [6, 6.07) is 11.6. The lowest BCUT2D eigenvalue weighted by atomic mass is 9.96. The molecule has 5 nitrogen and oxygen atoms in total. The lowest BCUT2D eigenvalue weighted by Crippen LogP contribution is -2.39. The number of fused-ring (bicyclic) bond motifs is 1. The van der Waals surface area contributed by atoms with Crippen LogP contribution in [0.25, 0.3) is 5.65 Å². The van der Waals surface area contributed by atoms with E-state index in [1.807, 2.05) is 28.8 Å². The van der Waals surface area contributed by atoms with Crippen molar-refractivity contribution >= 4 is 11.6 Å². The highest BCUT2D eigenvalue weighted by Crippen LogP contribution is 2.27. The van der Waals surface area contributed by atoms with Gasteiger partial charge in [0.1, 0.15) is 11.6 Å². The fourth-order valence-corrected chi connectivity index (χ4v) is 3.31. The van der Waals surface area contributed by atoms with Crippen molar-refractivity contribution in [3.05, 3.63) is 65.9 Å². The van der Waals surface area contributed by atoms with E-state index in [1.54, 1.807) is 17.0 Å². The number of likely N-dealkylation sites (tertiary alicyclic amines) is 1. The number of carbonyl (C=O) groups is 1. The smallest absolute Gasteiger partial charge is 0.253 e. The molecule has 3 aromatic rings. The fourth-order valence-electron chi connectivity index (χ4n) is 3.31. The number of pyridine rings is 1. The molecule has 6 heteroatoms. The highest BCUT2D eigenvalue weighted by molar-refractivity contribution is 5.94. The molecule has 1 fully saturated rings. The van der Waals surface area contributed by atoms with Crippen LogP contribution in [0.3, 0.4) is 0 Å². The van der Waals surface area contributed by atoms with E-state index in [0.717, 1.165) is 24.3 Å². The number of hydrogen-bond acceptors (Lipinski definition) is 3. The second-order valence-corrected chi connectivity index (χ2v) is 6.09. The van der Waals surface area contributed by atoms with Crippen LogP contribution < -0.4 is 0 Å². The molecular formula is C18H17FN4O. The van der Waals surface area contributed by atoms with E-state index in [-0.39, 0.29) is 11.8 Å². The molecule has 0 radical (unpaired) electrons. The lowest BCUT2D eigenvalue weighted by molar-refractivity contribution is 0.0703. The standard InChI is InChI=1S/C18H17FN4O/c19-15-7-3-5-13(11-15)18(24)22-9-4-6-14(12-22)17-21-20-16-8-1-2-10-23(16)17/h1-3,5,7-8,10-11,14H,4,6,9,12H2. The molecule has 1 amide bonds. The van der Waals surface area contributed by atoms with Crippen LogP contribution in [0.2, 0.25) is 0 Å². The van der Waals surface area contributed by atoms with Gasteiger partial charge in [0, 0.05) is 30.8 Å². The summed E-state index contributed by atoms with van der Waals surface area (Å²) in [7, 11) is 0. The number of benzene rings is 1. The summed E-state index contributed by atoms with van der Waals surface area (Å²) in [5.41, 5.74) is 1.20. The Labute approximate surface area is 138 Å². The van der Waals surface area contributed by atoms with Gasteiger partial charge in [-0.3, -0.25) is 9.20 Å². The van der Waals surface area contributed by atoms with E-state index >= 15 is 0 Å². The number of amides is 1. The minimum absolute atomic E-state index is 0.131. The van der Waals surface area contributed by atoms with Gasteiger partial charge in [-0.1, -0.05) is 12.1 Å². The van der Waals surface area contributed by atoms with Crippen molar-refractivity contribution in [2.75, 3.05) is 13.1 Å². The summed E-state index contributed by atoms with van der Waals surface area (Å²) in [5, 5.41) is 8.51. The van der Waals surface area contributed by atoms with Gasteiger partial charge in [-0.2, -0.15) is 0 Å². The normalized spacial score (nSPS) is 18.0. The molecule has 1 saturated heterocycles. The van der Waals surface area contributed by atoms with Crippen molar-refractivity contribution in [2.45, 2.75) is 18.8 Å². The first-order valence-corrected chi connectivity index (χ1v) is 8.07. The zero-order valence-electron chi connectivity index (χ0n) is 13.1. The van der Waals surface area contributed by atoms with Gasteiger partial charge < -0.3 is 4.90 Å². The van der Waals surface area contributed by atoms with Crippen molar-refractivity contribution in [1.29, 1.82) is 0 Å². The van der Waals surface area contributed by atoms with Gasteiger partial charge in [0.05, 0.1) is 0 Å². The van der Waals surface area contributed by atoms with Gasteiger partial charge >= 0.3 is 0 Å². The zero-order valence-corrected chi connectivity index (χ0v) is 13.1. The third kappa shape index (κ3) is 2.64. The van der Waals surface area contributed by atoms with E-state index in [1.165, 1.54) is 12.1 Å². The fraction of sp³-hybridized carbons (Fsp3) is 0.278. The van der Waals surface area contributed by atoms with Crippen LogP contribution in [0.1, 0.15) is 34.9 Å². The van der Waals surface area contributed by atoms with E-state index in [0.29, 0.717) is 18.7 Å². The molecular weight excluding hydrogens is 307 g/mol. The Morgan fingerprint density at radius 1 is 1.17 bits per heavy atom. The topological polar surface area (TPSA) is 50.5 Å². The van der Waals surface area contributed by atoms with Gasteiger partial charge in [-0.25, -0.2) is 4.39 Å². The van der Waals surface area contributed by atoms with Gasteiger partial charge in [0.2, 0.25) is 0 Å². The number of nitrogens with zero attached hydrogens (tertiary/aromatic N) is 4. The molecule has 0 saturated carbocycles. The van der Waals surface area contributed by atoms with Crippen LogP contribution in [0.4, 0.5) is 4.39 Å². The number of halogens is 1. The number of hydrogen-bond donors (Lipinski definition) is 0. The van der Waals surface area contributed by atoms with Gasteiger partial charge in [0.25, 0.3) is 5.91 Å². The van der Waals surface area contributed by atoms with E-state index in [2.05, 4.69) is 10.2 Å². The second-order valence-electron chi connectivity index (χ2n) is 6.09. The van der Waals surface area contributed by atoms with E-state index in [9.17, 15) is 9.18 Å². The molecule has 1 aliphatic heterocycles. The molecule has 0 N–H and O–H groups in total. The largest absolute Gasteiger partial charge is 0.338 e. The molecule has 24 heavy (non-hydrogen) atoms. The molecule has 0 aliphatic carbocycles. The van der Waals surface area contributed by atoms with Crippen molar-refractivity contribution in [3.63, 3.8) is 0 Å². The predicted molar refractivity (Wildman–Crippen MR) is 87.3 cm³/mol. The first-order chi connectivity index (χ1) is 11.7. The lowest BCUT2D eigenvalue weighted by Gasteiger charge is -2.32. The second kappa shape index (κ2) is 6.03. The number of piperidine rings is 1. The Balaban J connectivity index is 1.59. The number of aromatic nitrogens is 3. The Kier molecular flexibility index (Phi) is 3.72. The Morgan fingerprint density at radius 3 is 2.96 bits per heavy atom. The maximum Gasteiger partial charge on any atom is 0.253 e. The van der Waals surface area contributed by atoms with Crippen molar-refractivity contribution < 1.29 is 9.18 Å². The molecule has 1 atom stereocenters. The molecule has 1 unspecified atom stereocenters. The SMILES string of the molecule is O=C(c1cccc(F)c1)N1CCCC(c2nnc3ccccn23)C1. The monoisotopic (exact) mass is 324 g/mol. The van der Waals surface area contributed by atoms with Crippen molar-refractivity contribution in [2.24, 2.45) is 0 Å². The molecule has 122 valence electrons. The van der Waals surface area contributed by atoms with Crippen LogP contribution in [0.5, 0.6) is 0 Å². The van der Waals surface area contributed by atoms with Gasteiger partial charge in [-0.15, -0.1) is 10.2 Å². The first-order valence-electron chi connectivity index (χ1n) is 8.07. The highest BCUT2D eigenvalue weighted by atomic mass is 19.1. The molecule has 1 aromatic carbocycles. The summed E-state index contributed by atoms with van der Waals surface area (Å²) < 4.78 is 15.3. The van der Waals surface area contributed by atoms with Crippen LogP contribution in [-0.4, -0.2) is 38.5 Å². The molecule has 2 aromatic heterocycles. The Bertz CT molecular complexity index is 891. The van der Waals surface area contributed by atoms with Crippen LogP contribution in [-0.2, 0) is 0 Å². The average molecular weight is 324 g/mol. The predicted octanol–water partition coefficient (Wildman–Crippen LogP) is 2.89. The molecule has 3 heterocycles. The minimum atomic E-state index is -0.391.